The van der Waals surface area contributed by atoms with Gasteiger partial charge in [-0.1, -0.05) is 34.6 Å². The molecule has 0 aliphatic heterocycles. The summed E-state index contributed by atoms with van der Waals surface area (Å²) in [6.07, 6.45) is 5.60. The molecule has 0 saturated heterocycles. The fourth-order valence-corrected chi connectivity index (χ4v) is 4.51. The van der Waals surface area contributed by atoms with Crippen LogP contribution in [-0.4, -0.2) is 23.6 Å². The van der Waals surface area contributed by atoms with Crippen molar-refractivity contribution in [3.8, 4) is 0 Å². The predicted octanol–water partition coefficient (Wildman–Crippen LogP) is 4.57. The van der Waals surface area contributed by atoms with Crippen LogP contribution in [0.5, 0.6) is 0 Å². The monoisotopic (exact) mass is 271 g/mol. The largest absolute Gasteiger partial charge is 0.313 e. The molecule has 18 heavy (non-hydrogen) atoms. The molecule has 1 fully saturated rings. The van der Waals surface area contributed by atoms with Gasteiger partial charge in [0.25, 0.3) is 0 Å². The van der Waals surface area contributed by atoms with Gasteiger partial charge in [-0.05, 0) is 50.0 Å². The van der Waals surface area contributed by atoms with Crippen LogP contribution < -0.4 is 5.32 Å². The summed E-state index contributed by atoms with van der Waals surface area (Å²) >= 11 is 2.16. The van der Waals surface area contributed by atoms with Crippen molar-refractivity contribution in [2.45, 2.75) is 71.6 Å². The Balaban J connectivity index is 2.48. The summed E-state index contributed by atoms with van der Waals surface area (Å²) in [7, 11) is 0. The molecule has 108 valence electrons. The SMILES string of the molecule is CCNC(CSC(C)CC)C1CC(C)CC(C)C1. The Kier molecular flexibility index (Phi) is 7.70. The van der Waals surface area contributed by atoms with Gasteiger partial charge in [0, 0.05) is 17.0 Å². The quantitative estimate of drug-likeness (QED) is 0.728. The maximum Gasteiger partial charge on any atom is 0.0186 e. The van der Waals surface area contributed by atoms with Crippen LogP contribution in [-0.2, 0) is 0 Å². The smallest absolute Gasteiger partial charge is 0.0186 e. The molecule has 0 radical (unpaired) electrons. The number of hydrogen-bond donors (Lipinski definition) is 1. The van der Waals surface area contributed by atoms with E-state index < -0.39 is 0 Å². The molecule has 1 saturated carbocycles. The fourth-order valence-electron chi connectivity index (χ4n) is 3.35. The van der Waals surface area contributed by atoms with E-state index in [-0.39, 0.29) is 0 Å². The first kappa shape index (κ1) is 16.4. The molecule has 1 N–H and O–H groups in total. The van der Waals surface area contributed by atoms with Crippen molar-refractivity contribution in [2.75, 3.05) is 12.3 Å². The Morgan fingerprint density at radius 2 is 1.72 bits per heavy atom. The van der Waals surface area contributed by atoms with Crippen molar-refractivity contribution in [1.82, 2.24) is 5.32 Å². The molecule has 0 aromatic rings. The van der Waals surface area contributed by atoms with Crippen LogP contribution in [0.3, 0.4) is 0 Å². The molecular weight excluding hydrogens is 238 g/mol. The summed E-state index contributed by atoms with van der Waals surface area (Å²) in [5.74, 6) is 4.05. The van der Waals surface area contributed by atoms with Crippen LogP contribution >= 0.6 is 11.8 Å². The zero-order valence-corrected chi connectivity index (χ0v) is 13.9. The normalized spacial score (nSPS) is 32.2. The van der Waals surface area contributed by atoms with Crippen molar-refractivity contribution in [3.63, 3.8) is 0 Å². The molecule has 0 aromatic heterocycles. The van der Waals surface area contributed by atoms with Crippen LogP contribution in [0, 0.1) is 17.8 Å². The Hall–Kier alpha value is 0.310. The highest BCUT2D eigenvalue weighted by atomic mass is 32.2. The molecule has 0 bridgehead atoms. The molecule has 1 aliphatic carbocycles. The van der Waals surface area contributed by atoms with Crippen molar-refractivity contribution in [1.29, 1.82) is 0 Å². The van der Waals surface area contributed by atoms with Gasteiger partial charge in [-0.3, -0.25) is 0 Å². The third kappa shape index (κ3) is 5.52. The second-order valence-corrected chi connectivity index (χ2v) is 7.87. The first-order chi connectivity index (χ1) is 8.56. The van der Waals surface area contributed by atoms with Gasteiger partial charge >= 0.3 is 0 Å². The van der Waals surface area contributed by atoms with Gasteiger partial charge < -0.3 is 5.32 Å². The minimum Gasteiger partial charge on any atom is -0.313 e. The number of hydrogen-bond acceptors (Lipinski definition) is 2. The fraction of sp³-hybridized carbons (Fsp3) is 1.00. The molecule has 0 spiro atoms. The first-order valence-electron chi connectivity index (χ1n) is 7.91. The molecule has 1 rings (SSSR count). The zero-order chi connectivity index (χ0) is 13.5. The Labute approximate surface area is 119 Å². The highest BCUT2D eigenvalue weighted by Gasteiger charge is 2.29. The van der Waals surface area contributed by atoms with E-state index in [0.717, 1.165) is 35.6 Å². The second kappa shape index (κ2) is 8.47. The van der Waals surface area contributed by atoms with E-state index in [9.17, 15) is 0 Å². The third-order valence-corrected chi connectivity index (χ3v) is 5.84. The van der Waals surface area contributed by atoms with E-state index in [1.165, 1.54) is 31.4 Å². The highest BCUT2D eigenvalue weighted by molar-refractivity contribution is 7.99. The highest BCUT2D eigenvalue weighted by Crippen LogP contribution is 2.35. The van der Waals surface area contributed by atoms with Gasteiger partial charge in [-0.15, -0.1) is 0 Å². The number of nitrogens with one attached hydrogen (secondary N) is 1. The minimum absolute atomic E-state index is 0.735. The van der Waals surface area contributed by atoms with Gasteiger partial charge in [-0.2, -0.15) is 11.8 Å². The van der Waals surface area contributed by atoms with Crippen LogP contribution in [0.4, 0.5) is 0 Å². The van der Waals surface area contributed by atoms with Crippen LogP contribution in [0.1, 0.15) is 60.3 Å². The molecule has 2 heteroatoms. The summed E-state index contributed by atoms with van der Waals surface area (Å²) in [5, 5.41) is 4.56. The van der Waals surface area contributed by atoms with Gasteiger partial charge in [0.2, 0.25) is 0 Å². The zero-order valence-electron chi connectivity index (χ0n) is 13.0. The van der Waals surface area contributed by atoms with Gasteiger partial charge in [0.15, 0.2) is 0 Å². The molecule has 1 nitrogen and oxygen atoms in total. The summed E-state index contributed by atoms with van der Waals surface area (Å²) in [5.41, 5.74) is 0. The molecule has 0 amide bonds. The lowest BCUT2D eigenvalue weighted by Crippen LogP contribution is -2.41. The van der Waals surface area contributed by atoms with Crippen molar-refractivity contribution in [3.05, 3.63) is 0 Å². The van der Waals surface area contributed by atoms with Crippen molar-refractivity contribution >= 4 is 11.8 Å². The second-order valence-electron chi connectivity index (χ2n) is 6.39. The maximum absolute atomic E-state index is 3.75. The molecular formula is C16H33NS. The van der Waals surface area contributed by atoms with E-state index >= 15 is 0 Å². The van der Waals surface area contributed by atoms with Crippen molar-refractivity contribution in [2.24, 2.45) is 17.8 Å². The Morgan fingerprint density at radius 1 is 1.11 bits per heavy atom. The average Bonchev–Trinajstić information content (AvgIpc) is 2.32. The molecule has 0 aromatic carbocycles. The summed E-state index contributed by atoms with van der Waals surface area (Å²) in [6.45, 7) is 12.9. The average molecular weight is 272 g/mol. The lowest BCUT2D eigenvalue weighted by atomic mass is 9.74. The summed E-state index contributed by atoms with van der Waals surface area (Å²) < 4.78 is 0. The Bertz CT molecular complexity index is 209. The van der Waals surface area contributed by atoms with E-state index in [1.807, 2.05) is 0 Å². The van der Waals surface area contributed by atoms with E-state index in [2.05, 4.69) is 51.7 Å². The van der Waals surface area contributed by atoms with Gasteiger partial charge in [0.1, 0.15) is 0 Å². The predicted molar refractivity (Wildman–Crippen MR) is 85.3 cm³/mol. The lowest BCUT2D eigenvalue weighted by molar-refractivity contribution is 0.185. The standard InChI is InChI=1S/C16H33NS/c1-6-14(5)18-11-16(17-7-2)15-9-12(3)8-13(4)10-15/h12-17H,6-11H2,1-5H3. The third-order valence-electron chi connectivity index (χ3n) is 4.39. The molecule has 1 aliphatic rings. The lowest BCUT2D eigenvalue weighted by Gasteiger charge is -2.37. The maximum atomic E-state index is 3.75. The van der Waals surface area contributed by atoms with E-state index in [1.54, 1.807) is 0 Å². The van der Waals surface area contributed by atoms with Gasteiger partial charge in [-0.25, -0.2) is 0 Å². The number of thioether (sulfide) groups is 1. The van der Waals surface area contributed by atoms with E-state index in [0.29, 0.717) is 0 Å². The first-order valence-corrected chi connectivity index (χ1v) is 8.96. The minimum atomic E-state index is 0.735. The van der Waals surface area contributed by atoms with Gasteiger partial charge in [0.05, 0.1) is 0 Å². The van der Waals surface area contributed by atoms with Crippen molar-refractivity contribution < 1.29 is 0 Å². The van der Waals surface area contributed by atoms with Crippen LogP contribution in [0.15, 0.2) is 0 Å². The molecule has 4 unspecified atom stereocenters. The summed E-state index contributed by atoms with van der Waals surface area (Å²) in [4.78, 5) is 0. The summed E-state index contributed by atoms with van der Waals surface area (Å²) in [6, 6.07) is 0.735. The van der Waals surface area contributed by atoms with Crippen LogP contribution in [0.2, 0.25) is 0 Å². The topological polar surface area (TPSA) is 12.0 Å². The van der Waals surface area contributed by atoms with E-state index in [4.69, 9.17) is 0 Å². The Morgan fingerprint density at radius 3 is 2.22 bits per heavy atom. The molecule has 4 atom stereocenters. The molecule has 0 heterocycles. The number of rotatable bonds is 7. The van der Waals surface area contributed by atoms with Crippen LogP contribution in [0.25, 0.3) is 0 Å².